The fourth-order valence-electron chi connectivity index (χ4n) is 1.99. The molecule has 0 saturated carbocycles. The summed E-state index contributed by atoms with van der Waals surface area (Å²) in [4.78, 5) is 17.0. The third-order valence-electron chi connectivity index (χ3n) is 3.16. The number of benzene rings is 2. The van der Waals surface area contributed by atoms with Crippen LogP contribution in [0.4, 0.5) is 10.1 Å². The Hall–Kier alpha value is -2.40. The molecule has 0 aromatic heterocycles. The normalized spacial score (nSPS) is 18.0. The average molecular weight is 312 g/mol. The number of nitrogens with one attached hydrogen (secondary N) is 1. The van der Waals surface area contributed by atoms with E-state index in [0.717, 1.165) is 16.8 Å². The molecule has 1 N–H and O–H groups in total. The molecule has 1 amide bonds. The van der Waals surface area contributed by atoms with Gasteiger partial charge < -0.3 is 5.32 Å². The fraction of sp³-hybridized carbons (Fsp3) is 0.0588. The highest BCUT2D eigenvalue weighted by Crippen LogP contribution is 2.28. The van der Waals surface area contributed by atoms with Crippen molar-refractivity contribution in [3.63, 3.8) is 0 Å². The van der Waals surface area contributed by atoms with Gasteiger partial charge in [-0.1, -0.05) is 30.3 Å². The van der Waals surface area contributed by atoms with Crippen molar-refractivity contribution in [2.75, 3.05) is 0 Å². The van der Waals surface area contributed by atoms with E-state index in [1.165, 1.54) is 23.9 Å². The molecule has 1 saturated heterocycles. The van der Waals surface area contributed by atoms with Gasteiger partial charge in [0.1, 0.15) is 5.82 Å². The SMILES string of the molecule is Cc1ccccc1N=C1NC(=O)/C(=C\c2ccc(F)cc2)S1. The molecule has 0 unspecified atom stereocenters. The number of aryl methyl sites for hydroxylation is 1. The molecule has 3 rings (SSSR count). The molecule has 0 bridgehead atoms. The Kier molecular flexibility index (Phi) is 4.06. The summed E-state index contributed by atoms with van der Waals surface area (Å²) in [5.41, 5.74) is 2.64. The molecule has 3 nitrogen and oxygen atoms in total. The van der Waals surface area contributed by atoms with Crippen LogP contribution in [0.15, 0.2) is 58.4 Å². The third-order valence-corrected chi connectivity index (χ3v) is 4.07. The molecular formula is C17H13FN2OS. The van der Waals surface area contributed by atoms with Crippen molar-refractivity contribution in [3.05, 3.63) is 70.4 Å². The number of carbonyl (C=O) groups excluding carboxylic acids is 1. The molecule has 0 aliphatic carbocycles. The van der Waals surface area contributed by atoms with Gasteiger partial charge in [-0.2, -0.15) is 0 Å². The lowest BCUT2D eigenvalue weighted by atomic mass is 10.2. The van der Waals surface area contributed by atoms with Gasteiger partial charge in [0, 0.05) is 0 Å². The molecule has 0 atom stereocenters. The van der Waals surface area contributed by atoms with Gasteiger partial charge in [0.2, 0.25) is 0 Å². The second kappa shape index (κ2) is 6.15. The summed E-state index contributed by atoms with van der Waals surface area (Å²) >= 11 is 1.28. The first-order valence-corrected chi connectivity index (χ1v) is 7.54. The quantitative estimate of drug-likeness (QED) is 0.851. The van der Waals surface area contributed by atoms with Crippen LogP contribution in [-0.4, -0.2) is 11.1 Å². The molecule has 1 aliphatic heterocycles. The Labute approximate surface area is 132 Å². The van der Waals surface area contributed by atoms with Gasteiger partial charge >= 0.3 is 0 Å². The molecule has 1 aliphatic rings. The number of para-hydroxylation sites is 1. The summed E-state index contributed by atoms with van der Waals surface area (Å²) in [6.07, 6.45) is 1.72. The fourth-order valence-corrected chi connectivity index (χ4v) is 2.82. The van der Waals surface area contributed by atoms with Gasteiger partial charge in [-0.05, 0) is 54.1 Å². The molecule has 2 aromatic carbocycles. The van der Waals surface area contributed by atoms with Crippen LogP contribution in [-0.2, 0) is 4.79 Å². The summed E-state index contributed by atoms with van der Waals surface area (Å²) < 4.78 is 12.9. The van der Waals surface area contributed by atoms with Crippen LogP contribution in [0.5, 0.6) is 0 Å². The Morgan fingerprint density at radius 2 is 1.86 bits per heavy atom. The van der Waals surface area contributed by atoms with E-state index < -0.39 is 0 Å². The Morgan fingerprint density at radius 3 is 2.59 bits per heavy atom. The predicted octanol–water partition coefficient (Wildman–Crippen LogP) is 4.03. The maximum Gasteiger partial charge on any atom is 0.264 e. The zero-order valence-electron chi connectivity index (χ0n) is 11.8. The number of hydrogen-bond donors (Lipinski definition) is 1. The zero-order valence-corrected chi connectivity index (χ0v) is 12.7. The number of rotatable bonds is 2. The van der Waals surface area contributed by atoms with Crippen molar-refractivity contribution in [3.8, 4) is 0 Å². The number of amidine groups is 1. The number of halogens is 1. The van der Waals surface area contributed by atoms with Gasteiger partial charge in [-0.15, -0.1) is 0 Å². The molecule has 1 fully saturated rings. The topological polar surface area (TPSA) is 41.5 Å². The minimum atomic E-state index is -0.299. The van der Waals surface area contributed by atoms with Crippen molar-refractivity contribution in [2.45, 2.75) is 6.92 Å². The number of amides is 1. The predicted molar refractivity (Wildman–Crippen MR) is 88.4 cm³/mol. The second-order valence-electron chi connectivity index (χ2n) is 4.82. The number of thioether (sulfide) groups is 1. The largest absolute Gasteiger partial charge is 0.300 e. The monoisotopic (exact) mass is 312 g/mol. The summed E-state index contributed by atoms with van der Waals surface area (Å²) in [5.74, 6) is -0.492. The van der Waals surface area contributed by atoms with Crippen molar-refractivity contribution >= 4 is 34.6 Å². The van der Waals surface area contributed by atoms with Crippen molar-refractivity contribution < 1.29 is 9.18 Å². The maximum absolute atomic E-state index is 12.9. The van der Waals surface area contributed by atoms with E-state index in [9.17, 15) is 9.18 Å². The van der Waals surface area contributed by atoms with Crippen LogP contribution in [0.1, 0.15) is 11.1 Å². The number of hydrogen-bond acceptors (Lipinski definition) is 3. The summed E-state index contributed by atoms with van der Waals surface area (Å²) in [5, 5.41) is 3.29. The van der Waals surface area contributed by atoms with E-state index in [1.54, 1.807) is 18.2 Å². The lowest BCUT2D eigenvalue weighted by molar-refractivity contribution is -0.115. The number of carbonyl (C=O) groups is 1. The van der Waals surface area contributed by atoms with Gasteiger partial charge in [0.15, 0.2) is 5.17 Å². The molecule has 2 aromatic rings. The first kappa shape index (κ1) is 14.5. The Bertz CT molecular complexity index is 782. The summed E-state index contributed by atoms with van der Waals surface area (Å²) in [6, 6.07) is 13.7. The van der Waals surface area contributed by atoms with E-state index in [1.807, 2.05) is 31.2 Å². The molecule has 1 heterocycles. The Morgan fingerprint density at radius 1 is 1.14 bits per heavy atom. The average Bonchev–Trinajstić information content (AvgIpc) is 2.84. The van der Waals surface area contributed by atoms with Crippen molar-refractivity contribution in [1.29, 1.82) is 0 Å². The van der Waals surface area contributed by atoms with E-state index in [-0.39, 0.29) is 11.7 Å². The van der Waals surface area contributed by atoms with Crippen molar-refractivity contribution in [1.82, 2.24) is 5.32 Å². The summed E-state index contributed by atoms with van der Waals surface area (Å²) in [6.45, 7) is 1.97. The van der Waals surface area contributed by atoms with Crippen LogP contribution in [0.3, 0.4) is 0 Å². The van der Waals surface area contributed by atoms with Crippen LogP contribution in [0.25, 0.3) is 6.08 Å². The first-order chi connectivity index (χ1) is 10.6. The number of nitrogens with zero attached hydrogens (tertiary/aromatic N) is 1. The smallest absolute Gasteiger partial charge is 0.264 e. The number of aliphatic imine (C=N–C) groups is 1. The van der Waals surface area contributed by atoms with E-state index in [2.05, 4.69) is 10.3 Å². The Balaban J connectivity index is 1.84. The van der Waals surface area contributed by atoms with Crippen LogP contribution >= 0.6 is 11.8 Å². The summed E-state index contributed by atoms with van der Waals surface area (Å²) in [7, 11) is 0. The van der Waals surface area contributed by atoms with Gasteiger partial charge in [-0.3, -0.25) is 4.79 Å². The molecule has 110 valence electrons. The molecule has 22 heavy (non-hydrogen) atoms. The lowest BCUT2D eigenvalue weighted by Crippen LogP contribution is -2.19. The minimum absolute atomic E-state index is 0.193. The standard InChI is InChI=1S/C17H13FN2OS/c1-11-4-2-3-5-14(11)19-17-20-16(21)15(22-17)10-12-6-8-13(18)9-7-12/h2-10H,1H3,(H,19,20,21)/b15-10+. The van der Waals surface area contributed by atoms with Gasteiger partial charge in [0.05, 0.1) is 10.6 Å². The van der Waals surface area contributed by atoms with Gasteiger partial charge in [-0.25, -0.2) is 9.38 Å². The van der Waals surface area contributed by atoms with E-state index in [4.69, 9.17) is 0 Å². The molecule has 0 radical (unpaired) electrons. The molecular weight excluding hydrogens is 299 g/mol. The van der Waals surface area contributed by atoms with Crippen molar-refractivity contribution in [2.24, 2.45) is 4.99 Å². The zero-order chi connectivity index (χ0) is 15.5. The minimum Gasteiger partial charge on any atom is -0.300 e. The van der Waals surface area contributed by atoms with Crippen LogP contribution < -0.4 is 5.32 Å². The lowest BCUT2D eigenvalue weighted by Gasteiger charge is -1.99. The van der Waals surface area contributed by atoms with Crippen LogP contribution in [0, 0.1) is 12.7 Å². The van der Waals surface area contributed by atoms with E-state index in [0.29, 0.717) is 10.1 Å². The maximum atomic E-state index is 12.9. The molecule has 5 heteroatoms. The van der Waals surface area contributed by atoms with E-state index >= 15 is 0 Å². The highest BCUT2D eigenvalue weighted by Gasteiger charge is 2.23. The second-order valence-corrected chi connectivity index (χ2v) is 5.85. The van der Waals surface area contributed by atoms with Gasteiger partial charge in [0.25, 0.3) is 5.91 Å². The third kappa shape index (κ3) is 3.26. The highest BCUT2D eigenvalue weighted by atomic mass is 32.2. The highest BCUT2D eigenvalue weighted by molar-refractivity contribution is 8.18. The molecule has 0 spiro atoms. The first-order valence-electron chi connectivity index (χ1n) is 6.72. The van der Waals surface area contributed by atoms with Crippen LogP contribution in [0.2, 0.25) is 0 Å².